The quantitative estimate of drug-likeness (QED) is 0.729. The number of hydrogen-bond acceptors (Lipinski definition) is 5. The number of nitrogens with one attached hydrogen (secondary N) is 2. The van der Waals surface area contributed by atoms with E-state index in [1.165, 1.54) is 16.7 Å². The third-order valence-electron chi connectivity index (χ3n) is 3.56. The molecule has 1 aromatic rings. The van der Waals surface area contributed by atoms with Crippen LogP contribution in [0.2, 0.25) is 0 Å². The van der Waals surface area contributed by atoms with Crippen molar-refractivity contribution in [3.8, 4) is 0 Å². The minimum Gasteiger partial charge on any atom is -0.316 e. The lowest BCUT2D eigenvalue weighted by Crippen LogP contribution is -2.43. The molecule has 1 aliphatic rings. The highest BCUT2D eigenvalue weighted by atomic mass is 32.2. The van der Waals surface area contributed by atoms with E-state index in [9.17, 15) is 8.42 Å². The molecule has 0 bridgehead atoms. The van der Waals surface area contributed by atoms with Crippen molar-refractivity contribution in [1.29, 1.82) is 0 Å². The van der Waals surface area contributed by atoms with E-state index >= 15 is 0 Å². The molecule has 0 atom stereocenters. The van der Waals surface area contributed by atoms with Crippen molar-refractivity contribution in [1.82, 2.24) is 19.6 Å². The van der Waals surface area contributed by atoms with E-state index in [1.807, 2.05) is 0 Å². The van der Waals surface area contributed by atoms with Crippen molar-refractivity contribution in [3.63, 3.8) is 0 Å². The molecule has 0 radical (unpaired) electrons. The molecule has 0 unspecified atom stereocenters. The third kappa shape index (κ3) is 4.90. The summed E-state index contributed by atoms with van der Waals surface area (Å²) in [6.45, 7) is 5.21. The zero-order valence-electron chi connectivity index (χ0n) is 12.3. The lowest BCUT2D eigenvalue weighted by Gasteiger charge is -2.31. The predicted octanol–water partition coefficient (Wildman–Crippen LogP) is 0.845. The maximum absolute atomic E-state index is 12.2. The highest BCUT2D eigenvalue weighted by Gasteiger charge is 2.28. The Hall–Kier alpha value is -1.25. The van der Waals surface area contributed by atoms with E-state index in [4.69, 9.17) is 0 Å². The number of nitrogens with zero attached hydrogens (tertiary/aromatic N) is 3. The standard InChI is InChI=1S/C13H23N5O2S/c1-2-6-14-11-12-4-9-18(10-5-12)21(19,20)17-13-15-7-3-8-16-13/h3,7-8,12,14H,2,4-6,9-11H2,1H3,(H,15,16,17). The number of rotatable bonds is 7. The highest BCUT2D eigenvalue weighted by Crippen LogP contribution is 2.19. The molecule has 1 aromatic heterocycles. The fraction of sp³-hybridized carbons (Fsp3) is 0.692. The molecule has 2 N–H and O–H groups in total. The SMILES string of the molecule is CCCNCC1CCN(S(=O)(=O)Nc2ncccn2)CC1. The fourth-order valence-corrected chi connectivity index (χ4v) is 3.53. The van der Waals surface area contributed by atoms with Crippen LogP contribution >= 0.6 is 0 Å². The molecule has 0 amide bonds. The van der Waals surface area contributed by atoms with Crippen LogP contribution in [0, 0.1) is 5.92 Å². The van der Waals surface area contributed by atoms with Crippen LogP contribution in [0.1, 0.15) is 26.2 Å². The van der Waals surface area contributed by atoms with Crippen LogP contribution in [0.4, 0.5) is 5.95 Å². The summed E-state index contributed by atoms with van der Waals surface area (Å²) < 4.78 is 28.4. The molecule has 7 nitrogen and oxygen atoms in total. The molecule has 1 aliphatic heterocycles. The van der Waals surface area contributed by atoms with Gasteiger partial charge in [-0.15, -0.1) is 0 Å². The summed E-state index contributed by atoms with van der Waals surface area (Å²) in [4.78, 5) is 7.77. The maximum Gasteiger partial charge on any atom is 0.303 e. The van der Waals surface area contributed by atoms with Gasteiger partial charge in [-0.05, 0) is 44.3 Å². The molecule has 8 heteroatoms. The Morgan fingerprint density at radius 1 is 1.29 bits per heavy atom. The van der Waals surface area contributed by atoms with Gasteiger partial charge in [-0.2, -0.15) is 12.7 Å². The average Bonchev–Trinajstić information content (AvgIpc) is 2.49. The molecule has 1 fully saturated rings. The summed E-state index contributed by atoms with van der Waals surface area (Å²) in [5.41, 5.74) is 0. The van der Waals surface area contributed by atoms with Crippen molar-refractivity contribution < 1.29 is 8.42 Å². The first kappa shape index (κ1) is 16.1. The van der Waals surface area contributed by atoms with Gasteiger partial charge in [0, 0.05) is 25.5 Å². The summed E-state index contributed by atoms with van der Waals surface area (Å²) >= 11 is 0. The van der Waals surface area contributed by atoms with Gasteiger partial charge in [0.2, 0.25) is 5.95 Å². The van der Waals surface area contributed by atoms with Gasteiger partial charge in [0.1, 0.15) is 0 Å². The van der Waals surface area contributed by atoms with E-state index in [2.05, 4.69) is 26.9 Å². The molecule has 21 heavy (non-hydrogen) atoms. The van der Waals surface area contributed by atoms with E-state index < -0.39 is 10.2 Å². The van der Waals surface area contributed by atoms with Crippen LogP contribution in [-0.2, 0) is 10.2 Å². The van der Waals surface area contributed by atoms with Crippen LogP contribution in [0.3, 0.4) is 0 Å². The first-order chi connectivity index (χ1) is 10.1. The van der Waals surface area contributed by atoms with Crippen molar-refractivity contribution >= 4 is 16.2 Å². The Morgan fingerprint density at radius 3 is 2.57 bits per heavy atom. The van der Waals surface area contributed by atoms with Crippen LogP contribution in [-0.4, -0.2) is 48.9 Å². The Bertz CT molecular complexity index is 515. The third-order valence-corrected chi connectivity index (χ3v) is 5.04. The molecular formula is C13H23N5O2S. The molecule has 0 aliphatic carbocycles. The average molecular weight is 313 g/mol. The van der Waals surface area contributed by atoms with Crippen LogP contribution in [0.25, 0.3) is 0 Å². The van der Waals surface area contributed by atoms with E-state index in [1.54, 1.807) is 6.07 Å². The van der Waals surface area contributed by atoms with E-state index in [0.29, 0.717) is 19.0 Å². The highest BCUT2D eigenvalue weighted by molar-refractivity contribution is 7.90. The summed E-state index contributed by atoms with van der Waals surface area (Å²) in [6.07, 6.45) is 5.90. The number of aromatic nitrogens is 2. The molecular weight excluding hydrogens is 290 g/mol. The lowest BCUT2D eigenvalue weighted by atomic mass is 9.98. The molecule has 2 heterocycles. The molecule has 2 rings (SSSR count). The second kappa shape index (κ2) is 7.67. The van der Waals surface area contributed by atoms with Gasteiger partial charge < -0.3 is 5.32 Å². The Kier molecular flexibility index (Phi) is 5.89. The van der Waals surface area contributed by atoms with Crippen molar-refractivity contribution in [2.24, 2.45) is 5.92 Å². The molecule has 118 valence electrons. The van der Waals surface area contributed by atoms with Crippen LogP contribution < -0.4 is 10.0 Å². The summed E-state index contributed by atoms with van der Waals surface area (Å²) in [6, 6.07) is 1.65. The first-order valence-electron chi connectivity index (χ1n) is 7.37. The fourth-order valence-electron chi connectivity index (χ4n) is 2.37. The Labute approximate surface area is 126 Å². The molecule has 0 aromatic carbocycles. The van der Waals surface area contributed by atoms with Crippen LogP contribution in [0.5, 0.6) is 0 Å². The number of hydrogen-bond donors (Lipinski definition) is 2. The van der Waals surface area contributed by atoms with Crippen molar-refractivity contribution in [3.05, 3.63) is 18.5 Å². The van der Waals surface area contributed by atoms with Gasteiger partial charge in [-0.25, -0.2) is 14.7 Å². The second-order valence-electron chi connectivity index (χ2n) is 5.23. The monoisotopic (exact) mass is 313 g/mol. The number of anilines is 1. The molecule has 0 spiro atoms. The minimum absolute atomic E-state index is 0.115. The van der Waals surface area contributed by atoms with Crippen molar-refractivity contribution in [2.75, 3.05) is 30.9 Å². The minimum atomic E-state index is -3.55. The summed E-state index contributed by atoms with van der Waals surface area (Å²) in [5, 5.41) is 3.39. The van der Waals surface area contributed by atoms with Gasteiger partial charge in [0.25, 0.3) is 0 Å². The molecule has 1 saturated heterocycles. The summed E-state index contributed by atoms with van der Waals surface area (Å²) in [7, 11) is -3.55. The van der Waals surface area contributed by atoms with Gasteiger partial charge in [-0.1, -0.05) is 6.92 Å². The maximum atomic E-state index is 12.2. The lowest BCUT2D eigenvalue weighted by molar-refractivity contribution is 0.269. The smallest absolute Gasteiger partial charge is 0.303 e. The zero-order chi connectivity index (χ0) is 15.1. The van der Waals surface area contributed by atoms with Gasteiger partial charge in [-0.3, -0.25) is 0 Å². The summed E-state index contributed by atoms with van der Waals surface area (Å²) in [5.74, 6) is 0.667. The predicted molar refractivity (Wildman–Crippen MR) is 82.0 cm³/mol. The van der Waals surface area contributed by atoms with Crippen molar-refractivity contribution in [2.45, 2.75) is 26.2 Å². The largest absolute Gasteiger partial charge is 0.316 e. The van der Waals surface area contributed by atoms with E-state index in [0.717, 1.165) is 32.4 Å². The van der Waals surface area contributed by atoms with Crippen LogP contribution in [0.15, 0.2) is 18.5 Å². The first-order valence-corrected chi connectivity index (χ1v) is 8.81. The van der Waals surface area contributed by atoms with Gasteiger partial charge in [0.15, 0.2) is 0 Å². The zero-order valence-corrected chi connectivity index (χ0v) is 13.1. The van der Waals surface area contributed by atoms with Gasteiger partial charge in [0.05, 0.1) is 0 Å². The second-order valence-corrected chi connectivity index (χ2v) is 6.90. The topological polar surface area (TPSA) is 87.2 Å². The van der Waals surface area contributed by atoms with E-state index in [-0.39, 0.29) is 5.95 Å². The normalized spacial score (nSPS) is 17.8. The Morgan fingerprint density at radius 2 is 1.95 bits per heavy atom. The number of piperidine rings is 1. The Balaban J connectivity index is 1.83. The van der Waals surface area contributed by atoms with Gasteiger partial charge >= 0.3 is 10.2 Å². The molecule has 0 saturated carbocycles.